The molecular weight excluding hydrogens is 340 g/mol. The minimum atomic E-state index is -0.289. The molecule has 0 saturated carbocycles. The number of hydrogen-bond donors (Lipinski definition) is 0. The lowest BCUT2D eigenvalue weighted by Crippen LogP contribution is -2.29. The van der Waals surface area contributed by atoms with Crippen LogP contribution in [0.4, 0.5) is 0 Å². The SMILES string of the molecule is CCN(CC)C(=O)c1ccc(-c2cc(C3=CC(=O)C=CC3=O)no2)s1. The molecule has 0 unspecified atom stereocenters. The summed E-state index contributed by atoms with van der Waals surface area (Å²) in [5.41, 5.74) is 0.515. The third-order valence-corrected chi connectivity index (χ3v) is 4.94. The van der Waals surface area contributed by atoms with E-state index in [9.17, 15) is 14.4 Å². The van der Waals surface area contributed by atoms with Gasteiger partial charge in [0.15, 0.2) is 17.3 Å². The molecule has 0 fully saturated rings. The molecular formula is C18H16N2O4S. The first-order valence-electron chi connectivity index (χ1n) is 7.88. The Morgan fingerprint density at radius 2 is 1.96 bits per heavy atom. The number of thiophene rings is 1. The van der Waals surface area contributed by atoms with Gasteiger partial charge < -0.3 is 9.42 Å². The molecule has 1 aliphatic carbocycles. The topological polar surface area (TPSA) is 80.5 Å². The van der Waals surface area contributed by atoms with Gasteiger partial charge in [0.2, 0.25) is 0 Å². The number of allylic oxidation sites excluding steroid dienone is 4. The fourth-order valence-corrected chi connectivity index (χ4v) is 3.40. The molecule has 3 rings (SSSR count). The lowest BCUT2D eigenvalue weighted by molar-refractivity contribution is -0.113. The number of rotatable bonds is 5. The summed E-state index contributed by atoms with van der Waals surface area (Å²) in [5, 5.41) is 3.88. The Morgan fingerprint density at radius 3 is 2.68 bits per heavy atom. The largest absolute Gasteiger partial charge is 0.355 e. The van der Waals surface area contributed by atoms with E-state index >= 15 is 0 Å². The van der Waals surface area contributed by atoms with Gasteiger partial charge in [-0.25, -0.2) is 0 Å². The van der Waals surface area contributed by atoms with Gasteiger partial charge in [-0.2, -0.15) is 0 Å². The van der Waals surface area contributed by atoms with Crippen molar-refractivity contribution in [2.45, 2.75) is 13.8 Å². The van der Waals surface area contributed by atoms with E-state index in [0.717, 1.165) is 4.88 Å². The predicted molar refractivity (Wildman–Crippen MR) is 94.2 cm³/mol. The molecule has 2 heterocycles. The van der Waals surface area contributed by atoms with Gasteiger partial charge in [-0.15, -0.1) is 11.3 Å². The maximum Gasteiger partial charge on any atom is 0.263 e. The van der Waals surface area contributed by atoms with Crippen molar-refractivity contribution < 1.29 is 18.9 Å². The number of hydrogen-bond acceptors (Lipinski definition) is 6. The molecule has 1 amide bonds. The van der Waals surface area contributed by atoms with Crippen LogP contribution in [0.25, 0.3) is 16.2 Å². The predicted octanol–water partition coefficient (Wildman–Crippen LogP) is 2.98. The monoisotopic (exact) mass is 356 g/mol. The van der Waals surface area contributed by atoms with Crippen molar-refractivity contribution >= 4 is 34.4 Å². The molecule has 0 aromatic carbocycles. The van der Waals surface area contributed by atoms with Crippen molar-refractivity contribution in [3.05, 3.63) is 47.0 Å². The minimum Gasteiger partial charge on any atom is -0.355 e. The molecule has 0 saturated heterocycles. The second kappa shape index (κ2) is 6.98. The van der Waals surface area contributed by atoms with Crippen LogP contribution < -0.4 is 0 Å². The molecule has 0 atom stereocenters. The van der Waals surface area contributed by atoms with Crippen molar-refractivity contribution in [1.82, 2.24) is 10.1 Å². The van der Waals surface area contributed by atoms with Crippen molar-refractivity contribution in [1.29, 1.82) is 0 Å². The highest BCUT2D eigenvalue weighted by molar-refractivity contribution is 7.17. The standard InChI is InChI=1S/C18H16N2O4S/c1-3-20(4-2)18(23)17-8-7-16(25-17)15-10-13(19-24-15)12-9-11(21)5-6-14(12)22/h5-10H,3-4H2,1-2H3. The van der Waals surface area contributed by atoms with E-state index in [2.05, 4.69) is 5.16 Å². The molecule has 0 aliphatic heterocycles. The summed E-state index contributed by atoms with van der Waals surface area (Å²) < 4.78 is 5.30. The Morgan fingerprint density at radius 1 is 1.20 bits per heavy atom. The summed E-state index contributed by atoms with van der Waals surface area (Å²) in [6.07, 6.45) is 3.68. The van der Waals surface area contributed by atoms with E-state index in [0.29, 0.717) is 29.4 Å². The van der Waals surface area contributed by atoms with Crippen LogP contribution in [0.15, 0.2) is 41.0 Å². The molecule has 0 bridgehead atoms. The van der Waals surface area contributed by atoms with Crippen molar-refractivity contribution in [3.8, 4) is 10.6 Å². The third kappa shape index (κ3) is 3.36. The second-order valence-corrected chi connectivity index (χ2v) is 6.46. The summed E-state index contributed by atoms with van der Waals surface area (Å²) >= 11 is 1.30. The highest BCUT2D eigenvalue weighted by Crippen LogP contribution is 2.31. The van der Waals surface area contributed by atoms with E-state index in [-0.39, 0.29) is 23.0 Å². The first-order valence-corrected chi connectivity index (χ1v) is 8.69. The summed E-state index contributed by atoms with van der Waals surface area (Å²) in [5.74, 6) is -0.124. The Labute approximate surface area is 148 Å². The van der Waals surface area contributed by atoms with Crippen LogP contribution in [0.2, 0.25) is 0 Å². The molecule has 0 spiro atoms. The molecule has 6 nitrogen and oxygen atoms in total. The Balaban J connectivity index is 1.85. The molecule has 2 aromatic rings. The van der Waals surface area contributed by atoms with Crippen LogP contribution in [0.3, 0.4) is 0 Å². The van der Waals surface area contributed by atoms with Crippen LogP contribution in [0.5, 0.6) is 0 Å². The number of carbonyl (C=O) groups excluding carboxylic acids is 3. The summed E-state index contributed by atoms with van der Waals surface area (Å²) in [6.45, 7) is 5.16. The molecule has 128 valence electrons. The first kappa shape index (κ1) is 17.0. The lowest BCUT2D eigenvalue weighted by atomic mass is 10.0. The van der Waals surface area contributed by atoms with E-state index in [1.54, 1.807) is 23.1 Å². The highest BCUT2D eigenvalue weighted by atomic mass is 32.1. The van der Waals surface area contributed by atoms with Crippen LogP contribution in [0, 0.1) is 0 Å². The zero-order chi connectivity index (χ0) is 18.0. The molecule has 7 heteroatoms. The fraction of sp³-hybridized carbons (Fsp3) is 0.222. The number of carbonyl (C=O) groups is 3. The molecule has 0 N–H and O–H groups in total. The van der Waals surface area contributed by atoms with E-state index in [4.69, 9.17) is 4.52 Å². The smallest absolute Gasteiger partial charge is 0.263 e. The zero-order valence-electron chi connectivity index (χ0n) is 13.8. The van der Waals surface area contributed by atoms with Gasteiger partial charge in [-0.05, 0) is 44.2 Å². The second-order valence-electron chi connectivity index (χ2n) is 5.38. The maximum absolute atomic E-state index is 12.4. The van der Waals surface area contributed by atoms with Gasteiger partial charge in [-0.1, -0.05) is 5.16 Å². The van der Waals surface area contributed by atoms with Crippen LogP contribution in [-0.2, 0) is 9.59 Å². The van der Waals surface area contributed by atoms with Gasteiger partial charge in [0.1, 0.15) is 5.69 Å². The van der Waals surface area contributed by atoms with E-state index in [1.807, 2.05) is 13.8 Å². The van der Waals surface area contributed by atoms with E-state index in [1.165, 1.54) is 29.6 Å². The number of ketones is 2. The zero-order valence-corrected chi connectivity index (χ0v) is 14.6. The van der Waals surface area contributed by atoms with Gasteiger partial charge >= 0.3 is 0 Å². The normalized spacial score (nSPS) is 13.9. The van der Waals surface area contributed by atoms with Crippen molar-refractivity contribution in [2.75, 3.05) is 13.1 Å². The van der Waals surface area contributed by atoms with Crippen molar-refractivity contribution in [2.24, 2.45) is 0 Å². The molecule has 0 radical (unpaired) electrons. The molecule has 2 aromatic heterocycles. The fourth-order valence-electron chi connectivity index (χ4n) is 2.48. The van der Waals surface area contributed by atoms with Crippen LogP contribution in [0.1, 0.15) is 29.2 Å². The Hall–Kier alpha value is -2.80. The number of amides is 1. The minimum absolute atomic E-state index is 0.0260. The molecule has 25 heavy (non-hydrogen) atoms. The average molecular weight is 356 g/mol. The van der Waals surface area contributed by atoms with Crippen LogP contribution >= 0.6 is 11.3 Å². The highest BCUT2D eigenvalue weighted by Gasteiger charge is 2.21. The van der Waals surface area contributed by atoms with Gasteiger partial charge in [-0.3, -0.25) is 14.4 Å². The number of aromatic nitrogens is 1. The quantitative estimate of drug-likeness (QED) is 0.770. The summed E-state index contributed by atoms with van der Waals surface area (Å²) in [7, 11) is 0. The summed E-state index contributed by atoms with van der Waals surface area (Å²) in [6, 6.07) is 5.14. The van der Waals surface area contributed by atoms with Gasteiger partial charge in [0.25, 0.3) is 5.91 Å². The first-order chi connectivity index (χ1) is 12.0. The van der Waals surface area contributed by atoms with Gasteiger partial charge in [0.05, 0.1) is 15.3 Å². The van der Waals surface area contributed by atoms with E-state index < -0.39 is 0 Å². The Kier molecular flexibility index (Phi) is 4.76. The Bertz CT molecular complexity index is 900. The third-order valence-electron chi connectivity index (χ3n) is 3.85. The van der Waals surface area contributed by atoms with Gasteiger partial charge in [0, 0.05) is 19.2 Å². The molecule has 1 aliphatic rings. The maximum atomic E-state index is 12.4. The van der Waals surface area contributed by atoms with Crippen molar-refractivity contribution in [3.63, 3.8) is 0 Å². The average Bonchev–Trinajstić information content (AvgIpc) is 3.27. The lowest BCUT2D eigenvalue weighted by Gasteiger charge is -2.17. The number of nitrogens with zero attached hydrogens (tertiary/aromatic N) is 2. The summed E-state index contributed by atoms with van der Waals surface area (Å²) in [4.78, 5) is 38.8. The van der Waals surface area contributed by atoms with Crippen LogP contribution in [-0.4, -0.2) is 40.6 Å².